The van der Waals surface area contributed by atoms with E-state index in [2.05, 4.69) is 62.2 Å². The van der Waals surface area contributed by atoms with Crippen LogP contribution in [0.2, 0.25) is 0 Å². The Bertz CT molecular complexity index is 508. The fourth-order valence-electron chi connectivity index (χ4n) is 1.80. The van der Waals surface area contributed by atoms with Crippen molar-refractivity contribution in [1.29, 1.82) is 0 Å². The molecule has 3 heteroatoms. The summed E-state index contributed by atoms with van der Waals surface area (Å²) < 4.78 is 6.28. The van der Waals surface area contributed by atoms with E-state index in [0.29, 0.717) is 4.83 Å². The highest BCUT2D eigenvalue weighted by Gasteiger charge is 2.08. The van der Waals surface area contributed by atoms with E-state index in [1.54, 1.807) is 7.11 Å². The van der Waals surface area contributed by atoms with Gasteiger partial charge in [-0.25, -0.2) is 0 Å². The Hall–Kier alpha value is -0.800. The van der Waals surface area contributed by atoms with Crippen LogP contribution in [0, 0.1) is 0 Å². The first-order valence-corrected chi connectivity index (χ1v) is 7.42. The fraction of sp³-hybridized carbons (Fsp3) is 0.200. The SMILES string of the molecule is COc1ccc(C(Br)Cc2cccc(Br)c2)cc1. The van der Waals surface area contributed by atoms with E-state index in [4.69, 9.17) is 4.74 Å². The minimum Gasteiger partial charge on any atom is -0.497 e. The van der Waals surface area contributed by atoms with Crippen molar-refractivity contribution in [3.05, 3.63) is 64.1 Å². The maximum atomic E-state index is 5.16. The lowest BCUT2D eigenvalue weighted by molar-refractivity contribution is 0.414. The van der Waals surface area contributed by atoms with Crippen LogP contribution in [0.3, 0.4) is 0 Å². The first kappa shape index (κ1) is 13.6. The maximum Gasteiger partial charge on any atom is 0.118 e. The minimum atomic E-state index is 0.317. The molecular weight excluding hydrogens is 356 g/mol. The Morgan fingerprint density at radius 1 is 1.11 bits per heavy atom. The molecule has 0 heterocycles. The Labute approximate surface area is 124 Å². The summed E-state index contributed by atoms with van der Waals surface area (Å²) in [6, 6.07) is 16.6. The summed E-state index contributed by atoms with van der Waals surface area (Å²) in [6.07, 6.45) is 0.964. The lowest BCUT2D eigenvalue weighted by atomic mass is 10.0. The van der Waals surface area contributed by atoms with E-state index < -0.39 is 0 Å². The van der Waals surface area contributed by atoms with Crippen molar-refractivity contribution in [2.24, 2.45) is 0 Å². The van der Waals surface area contributed by atoms with Crippen LogP contribution in [0.1, 0.15) is 16.0 Å². The fourth-order valence-corrected chi connectivity index (χ4v) is 2.93. The zero-order valence-corrected chi connectivity index (χ0v) is 13.2. The molecule has 0 saturated carbocycles. The van der Waals surface area contributed by atoms with Gasteiger partial charge in [-0.05, 0) is 41.8 Å². The third-order valence-electron chi connectivity index (χ3n) is 2.78. The highest BCUT2D eigenvalue weighted by atomic mass is 79.9. The van der Waals surface area contributed by atoms with E-state index in [9.17, 15) is 0 Å². The van der Waals surface area contributed by atoms with Crippen LogP contribution in [0.4, 0.5) is 0 Å². The van der Waals surface area contributed by atoms with Crippen LogP contribution in [0.15, 0.2) is 53.0 Å². The van der Waals surface area contributed by atoms with Gasteiger partial charge in [0.05, 0.1) is 7.11 Å². The van der Waals surface area contributed by atoms with Crippen LogP contribution >= 0.6 is 31.9 Å². The summed E-state index contributed by atoms with van der Waals surface area (Å²) in [7, 11) is 1.68. The number of ether oxygens (including phenoxy) is 1. The highest BCUT2D eigenvalue weighted by molar-refractivity contribution is 9.10. The first-order valence-electron chi connectivity index (χ1n) is 5.71. The Balaban J connectivity index is 2.09. The van der Waals surface area contributed by atoms with Gasteiger partial charge in [-0.1, -0.05) is 56.1 Å². The van der Waals surface area contributed by atoms with E-state index in [-0.39, 0.29) is 0 Å². The molecule has 2 aromatic rings. The predicted molar refractivity (Wildman–Crippen MR) is 82.5 cm³/mol. The van der Waals surface area contributed by atoms with Crippen molar-refractivity contribution < 1.29 is 4.74 Å². The molecule has 0 saturated heterocycles. The predicted octanol–water partition coefficient (Wildman–Crippen LogP) is 5.14. The third kappa shape index (κ3) is 3.59. The van der Waals surface area contributed by atoms with Crippen molar-refractivity contribution in [1.82, 2.24) is 0 Å². The van der Waals surface area contributed by atoms with Gasteiger partial charge in [0, 0.05) is 9.30 Å². The van der Waals surface area contributed by atoms with Crippen LogP contribution in [0.5, 0.6) is 5.75 Å². The van der Waals surface area contributed by atoms with Crippen molar-refractivity contribution in [2.75, 3.05) is 7.11 Å². The highest BCUT2D eigenvalue weighted by Crippen LogP contribution is 2.29. The molecular formula is C15H14Br2O. The minimum absolute atomic E-state index is 0.317. The average molecular weight is 370 g/mol. The van der Waals surface area contributed by atoms with Crippen molar-refractivity contribution in [2.45, 2.75) is 11.2 Å². The topological polar surface area (TPSA) is 9.23 Å². The molecule has 0 radical (unpaired) electrons. The molecule has 1 unspecified atom stereocenters. The number of hydrogen-bond donors (Lipinski definition) is 0. The number of halogens is 2. The molecule has 0 aromatic heterocycles. The number of methoxy groups -OCH3 is 1. The summed E-state index contributed by atoms with van der Waals surface area (Å²) in [4.78, 5) is 0.317. The molecule has 0 fully saturated rings. The molecule has 0 aliphatic heterocycles. The van der Waals surface area contributed by atoms with E-state index in [1.165, 1.54) is 11.1 Å². The van der Waals surface area contributed by atoms with Crippen LogP contribution in [-0.4, -0.2) is 7.11 Å². The Morgan fingerprint density at radius 3 is 2.44 bits per heavy atom. The summed E-state index contributed by atoms with van der Waals surface area (Å²) in [5.41, 5.74) is 2.57. The van der Waals surface area contributed by atoms with Crippen LogP contribution in [-0.2, 0) is 6.42 Å². The molecule has 1 nitrogen and oxygen atoms in total. The van der Waals surface area contributed by atoms with Gasteiger partial charge in [0.2, 0.25) is 0 Å². The van der Waals surface area contributed by atoms with Gasteiger partial charge in [-0.2, -0.15) is 0 Å². The maximum absolute atomic E-state index is 5.16. The largest absolute Gasteiger partial charge is 0.497 e. The van der Waals surface area contributed by atoms with Crippen molar-refractivity contribution in [3.8, 4) is 5.75 Å². The molecule has 0 aliphatic carbocycles. The second-order valence-corrected chi connectivity index (χ2v) is 6.10. The van der Waals surface area contributed by atoms with Gasteiger partial charge < -0.3 is 4.74 Å². The lowest BCUT2D eigenvalue weighted by Crippen LogP contribution is -1.95. The summed E-state index contributed by atoms with van der Waals surface area (Å²) in [5.74, 6) is 0.890. The molecule has 2 aromatic carbocycles. The van der Waals surface area contributed by atoms with Gasteiger partial charge in [0.25, 0.3) is 0 Å². The van der Waals surface area contributed by atoms with E-state index in [1.807, 2.05) is 18.2 Å². The normalized spacial score (nSPS) is 12.2. The number of benzene rings is 2. The lowest BCUT2D eigenvalue weighted by Gasteiger charge is -2.11. The molecule has 18 heavy (non-hydrogen) atoms. The zero-order chi connectivity index (χ0) is 13.0. The monoisotopic (exact) mass is 368 g/mol. The second kappa shape index (κ2) is 6.39. The van der Waals surface area contributed by atoms with Crippen LogP contribution in [0.25, 0.3) is 0 Å². The molecule has 0 bridgehead atoms. The third-order valence-corrected chi connectivity index (χ3v) is 4.13. The molecule has 0 amide bonds. The smallest absolute Gasteiger partial charge is 0.118 e. The van der Waals surface area contributed by atoms with Crippen molar-refractivity contribution in [3.63, 3.8) is 0 Å². The molecule has 0 spiro atoms. The van der Waals surface area contributed by atoms with E-state index in [0.717, 1.165) is 16.6 Å². The summed E-state index contributed by atoms with van der Waals surface area (Å²) in [5, 5.41) is 0. The molecule has 0 N–H and O–H groups in total. The first-order chi connectivity index (χ1) is 8.69. The second-order valence-electron chi connectivity index (χ2n) is 4.07. The molecule has 2 rings (SSSR count). The average Bonchev–Trinajstić information content (AvgIpc) is 2.39. The summed E-state index contributed by atoms with van der Waals surface area (Å²) >= 11 is 7.23. The molecule has 1 atom stereocenters. The van der Waals surface area contributed by atoms with Crippen molar-refractivity contribution >= 4 is 31.9 Å². The Kier molecular flexibility index (Phi) is 4.84. The van der Waals surface area contributed by atoms with E-state index >= 15 is 0 Å². The number of rotatable bonds is 4. The van der Waals surface area contributed by atoms with Gasteiger partial charge in [0.1, 0.15) is 5.75 Å². The van der Waals surface area contributed by atoms with Crippen LogP contribution < -0.4 is 4.74 Å². The number of alkyl halides is 1. The molecule has 94 valence electrons. The molecule has 0 aliphatic rings. The zero-order valence-electron chi connectivity index (χ0n) is 10.1. The van der Waals surface area contributed by atoms with Gasteiger partial charge >= 0.3 is 0 Å². The summed E-state index contributed by atoms with van der Waals surface area (Å²) in [6.45, 7) is 0. The standard InChI is InChI=1S/C15H14Br2O/c1-18-14-7-5-12(6-8-14)15(17)10-11-3-2-4-13(16)9-11/h2-9,15H,10H2,1H3. The van der Waals surface area contributed by atoms with Gasteiger partial charge in [0.15, 0.2) is 0 Å². The van der Waals surface area contributed by atoms with Gasteiger partial charge in [-0.3, -0.25) is 0 Å². The Morgan fingerprint density at radius 2 is 1.83 bits per heavy atom. The quantitative estimate of drug-likeness (QED) is 0.678. The van der Waals surface area contributed by atoms with Gasteiger partial charge in [-0.15, -0.1) is 0 Å². The number of hydrogen-bond acceptors (Lipinski definition) is 1.